The lowest BCUT2D eigenvalue weighted by molar-refractivity contribution is 0.0976. The third-order valence-corrected chi connectivity index (χ3v) is 6.42. The van der Waals surface area contributed by atoms with Gasteiger partial charge in [-0.05, 0) is 73.9 Å². The number of aromatic nitrogens is 1. The van der Waals surface area contributed by atoms with Gasteiger partial charge in [0, 0.05) is 22.7 Å². The van der Waals surface area contributed by atoms with E-state index in [2.05, 4.69) is 0 Å². The molecule has 0 spiro atoms. The van der Waals surface area contributed by atoms with Crippen LogP contribution in [0.4, 0.5) is 10.1 Å². The van der Waals surface area contributed by atoms with Gasteiger partial charge in [0.25, 0.3) is 5.91 Å². The van der Waals surface area contributed by atoms with Gasteiger partial charge in [-0.15, -0.1) is 0 Å². The lowest BCUT2D eigenvalue weighted by Gasteiger charge is -2.35. The summed E-state index contributed by atoms with van der Waals surface area (Å²) >= 11 is 0. The molecule has 0 N–H and O–H groups in total. The van der Waals surface area contributed by atoms with Crippen molar-refractivity contribution in [2.45, 2.75) is 25.8 Å². The molecule has 1 aliphatic heterocycles. The fraction of sp³-hybridized carbons (Fsp3) is 0.214. The lowest BCUT2D eigenvalue weighted by atomic mass is 9.94. The van der Waals surface area contributed by atoms with Gasteiger partial charge in [0.2, 0.25) is 0 Å². The van der Waals surface area contributed by atoms with E-state index in [1.54, 1.807) is 25.2 Å². The average molecular weight is 457 g/mol. The molecule has 4 aromatic rings. The molecule has 5 rings (SSSR count). The number of nitrogens with zero attached hydrogens (tertiary/aromatic N) is 2. The number of para-hydroxylation sites is 1. The quantitative estimate of drug-likeness (QED) is 0.376. The Morgan fingerprint density at radius 1 is 1.00 bits per heavy atom. The number of hydrogen-bond acceptors (Lipinski definition) is 4. The van der Waals surface area contributed by atoms with E-state index in [4.69, 9.17) is 14.5 Å². The highest BCUT2D eigenvalue weighted by atomic mass is 19.1. The van der Waals surface area contributed by atoms with E-state index in [1.807, 2.05) is 55.5 Å². The molecule has 0 saturated heterocycles. The molecule has 0 saturated carbocycles. The molecule has 0 bridgehead atoms. The minimum Gasteiger partial charge on any atom is -0.493 e. The predicted octanol–water partition coefficient (Wildman–Crippen LogP) is 6.04. The van der Waals surface area contributed by atoms with Crippen LogP contribution in [0.3, 0.4) is 0 Å². The van der Waals surface area contributed by atoms with Crippen molar-refractivity contribution in [2.75, 3.05) is 19.1 Å². The van der Waals surface area contributed by atoms with E-state index in [0.717, 1.165) is 40.6 Å². The predicted molar refractivity (Wildman–Crippen MR) is 131 cm³/mol. The molecule has 0 radical (unpaired) electrons. The SMILES string of the molecule is COc1ccc(-c2cc(C(=O)N3c4ccc(F)cc4CCC3C)c3ccccc3n2)cc1OC. The van der Waals surface area contributed by atoms with Crippen LogP contribution in [0.1, 0.15) is 29.3 Å². The number of carbonyl (C=O) groups is 1. The van der Waals surface area contributed by atoms with Crippen molar-refractivity contribution in [3.8, 4) is 22.8 Å². The van der Waals surface area contributed by atoms with Gasteiger partial charge in [-0.1, -0.05) is 18.2 Å². The van der Waals surface area contributed by atoms with Gasteiger partial charge in [-0.25, -0.2) is 9.37 Å². The Morgan fingerprint density at radius 3 is 2.59 bits per heavy atom. The highest BCUT2D eigenvalue weighted by Gasteiger charge is 2.30. The largest absolute Gasteiger partial charge is 0.493 e. The average Bonchev–Trinajstić information content (AvgIpc) is 2.87. The Morgan fingerprint density at radius 2 is 1.79 bits per heavy atom. The second-order valence-electron chi connectivity index (χ2n) is 8.48. The summed E-state index contributed by atoms with van der Waals surface area (Å²) in [5.74, 6) is 0.795. The standard InChI is InChI=1S/C28H25FN2O3/c1-17-8-9-19-14-20(29)11-12-25(19)31(17)28(32)22-16-24(30-23-7-5-4-6-21(22)23)18-10-13-26(33-2)27(15-18)34-3/h4-7,10-17H,8-9H2,1-3H3. The maximum Gasteiger partial charge on any atom is 0.259 e. The first-order valence-corrected chi connectivity index (χ1v) is 11.2. The van der Waals surface area contributed by atoms with Crippen LogP contribution >= 0.6 is 0 Å². The van der Waals surface area contributed by atoms with Crippen LogP contribution in [0, 0.1) is 5.82 Å². The Hall–Kier alpha value is -3.93. The number of ether oxygens (including phenoxy) is 2. The van der Waals surface area contributed by atoms with E-state index in [0.29, 0.717) is 22.8 Å². The minimum atomic E-state index is -0.286. The Balaban J connectivity index is 1.67. The summed E-state index contributed by atoms with van der Waals surface area (Å²) in [7, 11) is 3.18. The molecule has 1 atom stereocenters. The van der Waals surface area contributed by atoms with Crippen molar-refractivity contribution in [3.63, 3.8) is 0 Å². The Bertz CT molecular complexity index is 1400. The van der Waals surface area contributed by atoms with E-state index in [-0.39, 0.29) is 17.8 Å². The van der Waals surface area contributed by atoms with Crippen LogP contribution < -0.4 is 14.4 Å². The van der Waals surface area contributed by atoms with Crippen molar-refractivity contribution in [2.24, 2.45) is 0 Å². The van der Waals surface area contributed by atoms with Crippen molar-refractivity contribution in [3.05, 3.63) is 83.7 Å². The number of hydrogen-bond donors (Lipinski definition) is 0. The summed E-state index contributed by atoms with van der Waals surface area (Å²) in [5.41, 5.74) is 4.36. The Kier molecular flexibility index (Phi) is 5.65. The topological polar surface area (TPSA) is 51.7 Å². The maximum absolute atomic E-state index is 14.0. The first kappa shape index (κ1) is 21.9. The molecule has 34 heavy (non-hydrogen) atoms. The van der Waals surface area contributed by atoms with E-state index >= 15 is 0 Å². The van der Waals surface area contributed by atoms with Crippen molar-refractivity contribution >= 4 is 22.5 Å². The van der Waals surface area contributed by atoms with Crippen LogP contribution in [-0.4, -0.2) is 31.2 Å². The minimum absolute atomic E-state index is 0.0121. The summed E-state index contributed by atoms with van der Waals surface area (Å²) in [6, 6.07) is 19.7. The number of pyridine rings is 1. The van der Waals surface area contributed by atoms with Gasteiger partial charge in [-0.2, -0.15) is 0 Å². The highest BCUT2D eigenvalue weighted by molar-refractivity contribution is 6.15. The van der Waals surface area contributed by atoms with Gasteiger partial charge in [0.15, 0.2) is 11.5 Å². The Labute approximate surface area is 197 Å². The molecule has 0 fully saturated rings. The number of carbonyl (C=O) groups excluding carboxylic acids is 1. The van der Waals surface area contributed by atoms with Crippen molar-refractivity contribution in [1.82, 2.24) is 4.98 Å². The van der Waals surface area contributed by atoms with E-state index < -0.39 is 0 Å². The van der Waals surface area contributed by atoms with Gasteiger partial charge in [0.1, 0.15) is 5.82 Å². The number of halogens is 1. The zero-order valence-corrected chi connectivity index (χ0v) is 19.3. The molecule has 0 aliphatic carbocycles. The summed E-state index contributed by atoms with van der Waals surface area (Å²) < 4.78 is 24.7. The fourth-order valence-corrected chi connectivity index (χ4v) is 4.66. The number of aryl methyl sites for hydroxylation is 1. The molecule has 1 amide bonds. The molecule has 172 valence electrons. The van der Waals surface area contributed by atoms with Gasteiger partial charge in [0.05, 0.1) is 31.0 Å². The molecule has 2 heterocycles. The van der Waals surface area contributed by atoms with Crippen LogP contribution in [0.5, 0.6) is 11.5 Å². The molecular weight excluding hydrogens is 431 g/mol. The highest BCUT2D eigenvalue weighted by Crippen LogP contribution is 2.36. The van der Waals surface area contributed by atoms with Crippen LogP contribution in [0.2, 0.25) is 0 Å². The smallest absolute Gasteiger partial charge is 0.259 e. The number of methoxy groups -OCH3 is 2. The summed E-state index contributed by atoms with van der Waals surface area (Å²) in [6.07, 6.45) is 1.51. The molecule has 1 aliphatic rings. The van der Waals surface area contributed by atoms with Crippen molar-refractivity contribution < 1.29 is 18.7 Å². The molecule has 1 aromatic heterocycles. The number of benzene rings is 3. The first-order chi connectivity index (χ1) is 16.5. The molecule has 3 aromatic carbocycles. The first-order valence-electron chi connectivity index (χ1n) is 11.2. The third-order valence-electron chi connectivity index (χ3n) is 6.42. The summed E-state index contributed by atoms with van der Waals surface area (Å²) in [5, 5.41) is 0.776. The normalized spacial score (nSPS) is 15.2. The lowest BCUT2D eigenvalue weighted by Crippen LogP contribution is -2.42. The summed E-state index contributed by atoms with van der Waals surface area (Å²) in [4.78, 5) is 20.7. The maximum atomic E-state index is 14.0. The van der Waals surface area contributed by atoms with E-state index in [9.17, 15) is 9.18 Å². The summed E-state index contributed by atoms with van der Waals surface area (Å²) in [6.45, 7) is 2.03. The number of anilines is 1. The van der Waals surface area contributed by atoms with Crippen LogP contribution in [0.25, 0.3) is 22.2 Å². The zero-order chi connectivity index (χ0) is 23.8. The van der Waals surface area contributed by atoms with Crippen LogP contribution in [0.15, 0.2) is 66.7 Å². The van der Waals surface area contributed by atoms with Crippen molar-refractivity contribution in [1.29, 1.82) is 0 Å². The van der Waals surface area contributed by atoms with Gasteiger partial charge < -0.3 is 14.4 Å². The van der Waals surface area contributed by atoms with Gasteiger partial charge >= 0.3 is 0 Å². The monoisotopic (exact) mass is 456 g/mol. The fourth-order valence-electron chi connectivity index (χ4n) is 4.66. The molecular formula is C28H25FN2O3. The van der Waals surface area contributed by atoms with E-state index in [1.165, 1.54) is 12.1 Å². The van der Waals surface area contributed by atoms with Gasteiger partial charge in [-0.3, -0.25) is 4.79 Å². The van der Waals surface area contributed by atoms with Crippen LogP contribution in [-0.2, 0) is 6.42 Å². The number of rotatable bonds is 4. The third kappa shape index (κ3) is 3.75. The number of fused-ring (bicyclic) bond motifs is 2. The molecule has 1 unspecified atom stereocenters. The zero-order valence-electron chi connectivity index (χ0n) is 19.3. The second kappa shape index (κ2) is 8.78. The molecule has 6 heteroatoms. The molecule has 5 nitrogen and oxygen atoms in total. The number of amides is 1. The second-order valence-corrected chi connectivity index (χ2v) is 8.48.